The van der Waals surface area contributed by atoms with E-state index in [1.54, 1.807) is 7.11 Å². The second kappa shape index (κ2) is 6.66. The molecule has 0 amide bonds. The number of nitrogens with one attached hydrogen (secondary N) is 1. The first-order valence-corrected chi connectivity index (χ1v) is 6.35. The Morgan fingerprint density at radius 3 is 2.83 bits per heavy atom. The highest BCUT2D eigenvalue weighted by Crippen LogP contribution is 2.20. The number of nitrogens with zero attached hydrogens (tertiary/aromatic N) is 1. The normalized spacial score (nSPS) is 11.3. The first-order valence-electron chi connectivity index (χ1n) is 5.94. The molecule has 0 saturated carbocycles. The zero-order valence-corrected chi connectivity index (χ0v) is 12.0. The molecule has 0 spiro atoms. The highest BCUT2D eigenvalue weighted by Gasteiger charge is 2.17. The van der Waals surface area contributed by atoms with Crippen molar-refractivity contribution in [2.45, 2.75) is 20.3 Å². The molecule has 1 aromatic rings. The molecule has 1 heterocycles. The smallest absolute Gasteiger partial charge is 0.126 e. The van der Waals surface area contributed by atoms with Gasteiger partial charge in [0.15, 0.2) is 0 Å². The van der Waals surface area contributed by atoms with Crippen molar-refractivity contribution in [3.8, 4) is 0 Å². The standard InChI is InChI=1S/C13H21N3OS/c1-13(2,7-8-17-3)9-15-11-6-4-5-10(16-11)12(14)18/h4-6H,7-9H2,1-3H3,(H2,14,18)(H,15,16). The number of methoxy groups -OCH3 is 1. The predicted molar refractivity (Wildman–Crippen MR) is 78.9 cm³/mol. The van der Waals surface area contributed by atoms with Crippen LogP contribution in [-0.4, -0.2) is 30.2 Å². The summed E-state index contributed by atoms with van der Waals surface area (Å²) >= 11 is 4.91. The Balaban J connectivity index is 2.57. The van der Waals surface area contributed by atoms with E-state index in [4.69, 9.17) is 22.7 Å². The van der Waals surface area contributed by atoms with Crippen LogP contribution in [0.2, 0.25) is 0 Å². The van der Waals surface area contributed by atoms with E-state index in [1.165, 1.54) is 0 Å². The molecule has 1 rings (SSSR count). The van der Waals surface area contributed by atoms with Crippen LogP contribution in [0.4, 0.5) is 5.82 Å². The average Bonchev–Trinajstić information content (AvgIpc) is 2.34. The Kier molecular flexibility index (Phi) is 5.50. The second-order valence-corrected chi connectivity index (χ2v) is 5.47. The Hall–Kier alpha value is -1.20. The quantitative estimate of drug-likeness (QED) is 0.742. The van der Waals surface area contributed by atoms with Crippen LogP contribution in [0.15, 0.2) is 18.2 Å². The number of ether oxygens (including phenoxy) is 1. The number of hydrogen-bond acceptors (Lipinski definition) is 4. The van der Waals surface area contributed by atoms with E-state index in [0.717, 1.165) is 25.4 Å². The Bertz CT molecular complexity index is 407. The molecule has 4 nitrogen and oxygen atoms in total. The summed E-state index contributed by atoms with van der Waals surface area (Å²) in [4.78, 5) is 4.66. The maximum atomic E-state index is 5.55. The van der Waals surface area contributed by atoms with Crippen molar-refractivity contribution in [1.29, 1.82) is 0 Å². The molecule has 0 aliphatic carbocycles. The van der Waals surface area contributed by atoms with E-state index in [1.807, 2.05) is 18.2 Å². The molecule has 18 heavy (non-hydrogen) atoms. The van der Waals surface area contributed by atoms with Gasteiger partial charge in [0.05, 0.1) is 5.69 Å². The summed E-state index contributed by atoms with van der Waals surface area (Å²) in [5, 5.41) is 3.31. The van der Waals surface area contributed by atoms with Crippen molar-refractivity contribution in [3.05, 3.63) is 23.9 Å². The Morgan fingerprint density at radius 1 is 1.50 bits per heavy atom. The average molecular weight is 267 g/mol. The van der Waals surface area contributed by atoms with E-state index in [-0.39, 0.29) is 5.41 Å². The van der Waals surface area contributed by atoms with Crippen LogP contribution in [0, 0.1) is 5.41 Å². The summed E-state index contributed by atoms with van der Waals surface area (Å²) in [6.07, 6.45) is 0.992. The number of hydrogen-bond donors (Lipinski definition) is 2. The maximum Gasteiger partial charge on any atom is 0.126 e. The number of thiocarbonyl (C=S) groups is 1. The fraction of sp³-hybridized carbons (Fsp3) is 0.538. The van der Waals surface area contributed by atoms with Crippen LogP contribution >= 0.6 is 12.2 Å². The van der Waals surface area contributed by atoms with Crippen molar-refractivity contribution in [2.24, 2.45) is 11.1 Å². The van der Waals surface area contributed by atoms with Gasteiger partial charge in [-0.2, -0.15) is 0 Å². The summed E-state index contributed by atoms with van der Waals surface area (Å²) in [6.45, 7) is 5.96. The SMILES string of the molecule is COCCC(C)(C)CNc1cccc(C(N)=S)n1. The van der Waals surface area contributed by atoms with Gasteiger partial charge in [-0.15, -0.1) is 0 Å². The minimum absolute atomic E-state index is 0.150. The van der Waals surface area contributed by atoms with Crippen LogP contribution in [-0.2, 0) is 4.74 Å². The number of rotatable bonds is 7. The molecule has 0 fully saturated rings. The molecule has 0 aromatic carbocycles. The summed E-state index contributed by atoms with van der Waals surface area (Å²) in [5.41, 5.74) is 6.35. The molecule has 100 valence electrons. The summed E-state index contributed by atoms with van der Waals surface area (Å²) in [6, 6.07) is 5.61. The summed E-state index contributed by atoms with van der Waals surface area (Å²) in [5.74, 6) is 0.797. The lowest BCUT2D eigenvalue weighted by molar-refractivity contribution is 0.157. The lowest BCUT2D eigenvalue weighted by Gasteiger charge is -2.24. The van der Waals surface area contributed by atoms with Crippen LogP contribution in [0.1, 0.15) is 26.0 Å². The topological polar surface area (TPSA) is 60.2 Å². The molecular weight excluding hydrogens is 246 g/mol. The molecule has 0 aliphatic heterocycles. The van der Waals surface area contributed by atoms with Gasteiger partial charge in [0.2, 0.25) is 0 Å². The van der Waals surface area contributed by atoms with Crippen molar-refractivity contribution in [1.82, 2.24) is 4.98 Å². The zero-order valence-electron chi connectivity index (χ0n) is 11.2. The molecule has 0 radical (unpaired) electrons. The van der Waals surface area contributed by atoms with E-state index in [9.17, 15) is 0 Å². The molecular formula is C13H21N3OS. The Labute approximate surface area is 114 Å². The van der Waals surface area contributed by atoms with Crippen LogP contribution in [0.3, 0.4) is 0 Å². The zero-order chi connectivity index (χ0) is 13.6. The number of pyridine rings is 1. The minimum atomic E-state index is 0.150. The molecule has 0 unspecified atom stereocenters. The van der Waals surface area contributed by atoms with Crippen molar-refractivity contribution in [3.63, 3.8) is 0 Å². The van der Waals surface area contributed by atoms with Gasteiger partial charge >= 0.3 is 0 Å². The van der Waals surface area contributed by atoms with Crippen molar-refractivity contribution >= 4 is 23.0 Å². The molecule has 1 aromatic heterocycles. The molecule has 0 saturated heterocycles. The van der Waals surface area contributed by atoms with Crippen LogP contribution in [0.5, 0.6) is 0 Å². The Morgan fingerprint density at radius 2 is 2.22 bits per heavy atom. The van der Waals surface area contributed by atoms with Gasteiger partial charge in [-0.25, -0.2) is 4.98 Å². The summed E-state index contributed by atoms with van der Waals surface area (Å²) in [7, 11) is 1.72. The second-order valence-electron chi connectivity index (χ2n) is 5.03. The van der Waals surface area contributed by atoms with Crippen LogP contribution < -0.4 is 11.1 Å². The third kappa shape index (κ3) is 4.98. The monoisotopic (exact) mass is 267 g/mol. The fourth-order valence-corrected chi connectivity index (χ4v) is 1.58. The van der Waals surface area contributed by atoms with Gasteiger partial charge in [0, 0.05) is 20.3 Å². The largest absolute Gasteiger partial charge is 0.388 e. The fourth-order valence-electron chi connectivity index (χ4n) is 1.47. The van der Waals surface area contributed by atoms with E-state index >= 15 is 0 Å². The molecule has 0 atom stereocenters. The molecule has 0 aliphatic rings. The molecule has 0 bridgehead atoms. The van der Waals surface area contributed by atoms with Gasteiger partial charge < -0.3 is 15.8 Å². The van der Waals surface area contributed by atoms with Gasteiger partial charge in [-0.1, -0.05) is 32.1 Å². The number of anilines is 1. The van der Waals surface area contributed by atoms with Gasteiger partial charge in [0.1, 0.15) is 10.8 Å². The minimum Gasteiger partial charge on any atom is -0.388 e. The van der Waals surface area contributed by atoms with E-state index in [0.29, 0.717) is 10.7 Å². The lowest BCUT2D eigenvalue weighted by Crippen LogP contribution is -2.25. The third-order valence-corrected chi connectivity index (χ3v) is 2.94. The third-order valence-electron chi connectivity index (χ3n) is 2.73. The van der Waals surface area contributed by atoms with E-state index in [2.05, 4.69) is 24.1 Å². The highest BCUT2D eigenvalue weighted by atomic mass is 32.1. The summed E-state index contributed by atoms with van der Waals surface area (Å²) < 4.78 is 5.10. The first-order chi connectivity index (χ1) is 8.44. The number of nitrogens with two attached hydrogens (primary N) is 1. The number of aromatic nitrogens is 1. The van der Waals surface area contributed by atoms with Gasteiger partial charge in [0.25, 0.3) is 0 Å². The maximum absolute atomic E-state index is 5.55. The van der Waals surface area contributed by atoms with Gasteiger partial charge in [-0.05, 0) is 24.0 Å². The van der Waals surface area contributed by atoms with Gasteiger partial charge in [-0.3, -0.25) is 0 Å². The molecule has 5 heteroatoms. The predicted octanol–water partition coefficient (Wildman–Crippen LogP) is 2.19. The first kappa shape index (κ1) is 14.9. The molecule has 3 N–H and O–H groups in total. The van der Waals surface area contributed by atoms with E-state index < -0.39 is 0 Å². The van der Waals surface area contributed by atoms with Crippen molar-refractivity contribution in [2.75, 3.05) is 25.6 Å². The van der Waals surface area contributed by atoms with Crippen molar-refractivity contribution < 1.29 is 4.74 Å². The highest BCUT2D eigenvalue weighted by molar-refractivity contribution is 7.80. The lowest BCUT2D eigenvalue weighted by atomic mass is 9.90. The van der Waals surface area contributed by atoms with Crippen LogP contribution in [0.25, 0.3) is 0 Å².